The molecule has 0 radical (unpaired) electrons. The summed E-state index contributed by atoms with van der Waals surface area (Å²) in [6.45, 7) is 4.68. The van der Waals surface area contributed by atoms with Crippen molar-refractivity contribution >= 4 is 11.6 Å². The van der Waals surface area contributed by atoms with E-state index in [4.69, 9.17) is 0 Å². The zero-order valence-electron chi connectivity index (χ0n) is 10.5. The molecule has 1 aromatic carbocycles. The first-order valence-electron chi connectivity index (χ1n) is 6.28. The summed E-state index contributed by atoms with van der Waals surface area (Å²) in [7, 11) is 0. The number of hydrogen-bond donors (Lipinski definition) is 2. The van der Waals surface area contributed by atoms with Gasteiger partial charge in [0.05, 0.1) is 0 Å². The Hall–Kier alpha value is -1.35. The monoisotopic (exact) mass is 232 g/mol. The van der Waals surface area contributed by atoms with E-state index in [1.807, 2.05) is 32.0 Å². The number of benzene rings is 1. The number of nitrogens with one attached hydrogen (secondary N) is 2. The Kier molecular flexibility index (Phi) is 3.79. The molecule has 2 N–H and O–H groups in total. The molecule has 92 valence electrons. The van der Waals surface area contributed by atoms with Crippen LogP contribution < -0.4 is 10.6 Å². The van der Waals surface area contributed by atoms with Crippen molar-refractivity contribution in [2.45, 2.75) is 39.3 Å². The molecule has 0 bridgehead atoms. The van der Waals surface area contributed by atoms with Crippen LogP contribution in [0.15, 0.2) is 24.3 Å². The van der Waals surface area contributed by atoms with Crippen molar-refractivity contribution in [2.24, 2.45) is 5.92 Å². The standard InChI is InChI=1S/C14H20N2O/c1-10(2)14(17)16-13-5-3-4-11(8-13)9-15-12-6-7-12/h3-5,8,10,12,15H,6-7,9H2,1-2H3,(H,16,17). The molecule has 1 saturated carbocycles. The quantitative estimate of drug-likeness (QED) is 0.819. The number of rotatable bonds is 5. The van der Waals surface area contributed by atoms with E-state index >= 15 is 0 Å². The van der Waals surface area contributed by atoms with Gasteiger partial charge in [0.2, 0.25) is 5.91 Å². The molecule has 0 aromatic heterocycles. The molecule has 1 amide bonds. The van der Waals surface area contributed by atoms with Crippen molar-refractivity contribution in [3.05, 3.63) is 29.8 Å². The summed E-state index contributed by atoms with van der Waals surface area (Å²) in [6.07, 6.45) is 2.59. The second-order valence-electron chi connectivity index (χ2n) is 5.00. The first kappa shape index (κ1) is 12.1. The number of amides is 1. The molecule has 0 unspecified atom stereocenters. The molecule has 0 spiro atoms. The van der Waals surface area contributed by atoms with E-state index < -0.39 is 0 Å². The zero-order valence-corrected chi connectivity index (χ0v) is 10.5. The topological polar surface area (TPSA) is 41.1 Å². The summed E-state index contributed by atoms with van der Waals surface area (Å²) in [5.41, 5.74) is 2.11. The molecular formula is C14H20N2O. The number of hydrogen-bond acceptors (Lipinski definition) is 2. The summed E-state index contributed by atoms with van der Waals surface area (Å²) < 4.78 is 0. The number of carbonyl (C=O) groups is 1. The van der Waals surface area contributed by atoms with E-state index in [0.29, 0.717) is 6.04 Å². The molecule has 1 aliphatic carbocycles. The predicted molar refractivity (Wildman–Crippen MR) is 69.8 cm³/mol. The Morgan fingerprint density at radius 2 is 2.18 bits per heavy atom. The van der Waals surface area contributed by atoms with Crippen LogP contribution in [0, 0.1) is 5.92 Å². The van der Waals surface area contributed by atoms with Gasteiger partial charge >= 0.3 is 0 Å². The van der Waals surface area contributed by atoms with Crippen LogP contribution in [-0.4, -0.2) is 11.9 Å². The molecule has 3 heteroatoms. The highest BCUT2D eigenvalue weighted by molar-refractivity contribution is 5.92. The van der Waals surface area contributed by atoms with Crippen molar-refractivity contribution in [3.63, 3.8) is 0 Å². The van der Waals surface area contributed by atoms with Gasteiger partial charge in [0.1, 0.15) is 0 Å². The van der Waals surface area contributed by atoms with Crippen molar-refractivity contribution in [1.29, 1.82) is 0 Å². The van der Waals surface area contributed by atoms with E-state index in [0.717, 1.165) is 12.2 Å². The predicted octanol–water partition coefficient (Wildman–Crippen LogP) is 2.53. The van der Waals surface area contributed by atoms with Crippen LogP contribution in [0.2, 0.25) is 0 Å². The summed E-state index contributed by atoms with van der Waals surface area (Å²) in [4.78, 5) is 11.6. The average molecular weight is 232 g/mol. The SMILES string of the molecule is CC(C)C(=O)Nc1cccc(CNC2CC2)c1. The third-order valence-electron chi connectivity index (χ3n) is 2.89. The summed E-state index contributed by atoms with van der Waals surface area (Å²) in [5, 5.41) is 6.38. The van der Waals surface area contributed by atoms with Crippen molar-refractivity contribution < 1.29 is 4.79 Å². The molecular weight excluding hydrogens is 212 g/mol. The molecule has 0 heterocycles. The lowest BCUT2D eigenvalue weighted by Gasteiger charge is -2.09. The fraction of sp³-hybridized carbons (Fsp3) is 0.500. The van der Waals surface area contributed by atoms with E-state index in [2.05, 4.69) is 16.7 Å². The van der Waals surface area contributed by atoms with Gasteiger partial charge in [-0.05, 0) is 30.5 Å². The third-order valence-corrected chi connectivity index (χ3v) is 2.89. The van der Waals surface area contributed by atoms with Gasteiger partial charge in [0.25, 0.3) is 0 Å². The maximum absolute atomic E-state index is 11.6. The van der Waals surface area contributed by atoms with Crippen LogP contribution >= 0.6 is 0 Å². The largest absolute Gasteiger partial charge is 0.326 e. The van der Waals surface area contributed by atoms with E-state index in [1.165, 1.54) is 18.4 Å². The van der Waals surface area contributed by atoms with Crippen LogP contribution in [-0.2, 0) is 11.3 Å². The fourth-order valence-corrected chi connectivity index (χ4v) is 1.60. The van der Waals surface area contributed by atoms with Crippen LogP contribution in [0.4, 0.5) is 5.69 Å². The maximum atomic E-state index is 11.6. The lowest BCUT2D eigenvalue weighted by atomic mass is 10.1. The minimum absolute atomic E-state index is 0.0169. The normalized spacial score (nSPS) is 15.0. The highest BCUT2D eigenvalue weighted by Crippen LogP contribution is 2.20. The van der Waals surface area contributed by atoms with Gasteiger partial charge in [-0.3, -0.25) is 4.79 Å². The molecule has 1 fully saturated rings. The third kappa shape index (κ3) is 3.86. The first-order chi connectivity index (χ1) is 8.15. The maximum Gasteiger partial charge on any atom is 0.226 e. The molecule has 3 nitrogen and oxygen atoms in total. The van der Waals surface area contributed by atoms with E-state index in [9.17, 15) is 4.79 Å². The van der Waals surface area contributed by atoms with Gasteiger partial charge in [-0.1, -0.05) is 26.0 Å². The molecule has 1 aliphatic rings. The lowest BCUT2D eigenvalue weighted by molar-refractivity contribution is -0.118. The smallest absolute Gasteiger partial charge is 0.226 e. The molecule has 0 atom stereocenters. The summed E-state index contributed by atoms with van der Waals surface area (Å²) >= 11 is 0. The Labute approximate surface area is 103 Å². The first-order valence-corrected chi connectivity index (χ1v) is 6.28. The second kappa shape index (κ2) is 5.32. The van der Waals surface area contributed by atoms with Gasteiger partial charge in [0.15, 0.2) is 0 Å². The average Bonchev–Trinajstić information content (AvgIpc) is 3.10. The minimum Gasteiger partial charge on any atom is -0.326 e. The summed E-state index contributed by atoms with van der Waals surface area (Å²) in [5.74, 6) is 0.0838. The number of carbonyl (C=O) groups excluding carboxylic acids is 1. The number of anilines is 1. The van der Waals surface area contributed by atoms with Crippen LogP contribution in [0.3, 0.4) is 0 Å². The van der Waals surface area contributed by atoms with Crippen molar-refractivity contribution in [2.75, 3.05) is 5.32 Å². The molecule has 0 aliphatic heterocycles. The minimum atomic E-state index is 0.0169. The van der Waals surface area contributed by atoms with Crippen molar-refractivity contribution in [3.8, 4) is 0 Å². The lowest BCUT2D eigenvalue weighted by Crippen LogP contribution is -2.18. The highest BCUT2D eigenvalue weighted by Gasteiger charge is 2.19. The highest BCUT2D eigenvalue weighted by atomic mass is 16.1. The van der Waals surface area contributed by atoms with Crippen LogP contribution in [0.5, 0.6) is 0 Å². The van der Waals surface area contributed by atoms with Gasteiger partial charge in [0, 0.05) is 24.2 Å². The van der Waals surface area contributed by atoms with Gasteiger partial charge in [-0.15, -0.1) is 0 Å². The van der Waals surface area contributed by atoms with Crippen LogP contribution in [0.1, 0.15) is 32.3 Å². The summed E-state index contributed by atoms with van der Waals surface area (Å²) in [6, 6.07) is 8.75. The zero-order chi connectivity index (χ0) is 12.3. The van der Waals surface area contributed by atoms with Crippen molar-refractivity contribution in [1.82, 2.24) is 5.32 Å². The second-order valence-corrected chi connectivity index (χ2v) is 5.00. The fourth-order valence-electron chi connectivity index (χ4n) is 1.60. The van der Waals surface area contributed by atoms with E-state index in [1.54, 1.807) is 0 Å². The Morgan fingerprint density at radius 3 is 2.82 bits per heavy atom. The Balaban J connectivity index is 1.92. The molecule has 2 rings (SSSR count). The van der Waals surface area contributed by atoms with Gasteiger partial charge in [-0.2, -0.15) is 0 Å². The van der Waals surface area contributed by atoms with Gasteiger partial charge in [-0.25, -0.2) is 0 Å². The Morgan fingerprint density at radius 1 is 1.41 bits per heavy atom. The Bertz CT molecular complexity index is 397. The molecule has 1 aromatic rings. The molecule has 0 saturated heterocycles. The molecule has 17 heavy (non-hydrogen) atoms. The van der Waals surface area contributed by atoms with E-state index in [-0.39, 0.29) is 11.8 Å². The van der Waals surface area contributed by atoms with Gasteiger partial charge < -0.3 is 10.6 Å². The van der Waals surface area contributed by atoms with Crippen LogP contribution in [0.25, 0.3) is 0 Å².